The number of oxime groups is 1. The van der Waals surface area contributed by atoms with Crippen molar-refractivity contribution < 1.29 is 23.8 Å². The first-order valence-corrected chi connectivity index (χ1v) is 8.25. The SMILES string of the molecule is COC(=O)CC1ON=C(c2ccc(OC)cc2)C1c1ccc(OC)cc1. The lowest BCUT2D eigenvalue weighted by Gasteiger charge is -2.19. The minimum atomic E-state index is -0.423. The summed E-state index contributed by atoms with van der Waals surface area (Å²) in [5.41, 5.74) is 2.68. The lowest BCUT2D eigenvalue weighted by Crippen LogP contribution is -2.25. The Morgan fingerprint density at radius 3 is 2.08 bits per heavy atom. The Bertz CT molecular complexity index is 783. The second kappa shape index (κ2) is 7.91. The average molecular weight is 355 g/mol. The van der Waals surface area contributed by atoms with Crippen LogP contribution in [0.5, 0.6) is 11.5 Å². The topological polar surface area (TPSA) is 66.4 Å². The highest BCUT2D eigenvalue weighted by molar-refractivity contribution is 6.06. The van der Waals surface area contributed by atoms with E-state index in [4.69, 9.17) is 19.0 Å². The van der Waals surface area contributed by atoms with Gasteiger partial charge >= 0.3 is 5.97 Å². The van der Waals surface area contributed by atoms with E-state index in [1.165, 1.54) is 7.11 Å². The zero-order valence-corrected chi connectivity index (χ0v) is 15.0. The Morgan fingerprint density at radius 2 is 1.54 bits per heavy atom. The van der Waals surface area contributed by atoms with Gasteiger partial charge in [-0.05, 0) is 42.0 Å². The van der Waals surface area contributed by atoms with E-state index >= 15 is 0 Å². The van der Waals surface area contributed by atoms with Crippen LogP contribution in [-0.4, -0.2) is 39.1 Å². The van der Waals surface area contributed by atoms with Crippen LogP contribution in [0.2, 0.25) is 0 Å². The predicted octanol–water partition coefficient (Wildman–Crippen LogP) is 3.15. The summed E-state index contributed by atoms with van der Waals surface area (Å²) >= 11 is 0. The summed E-state index contributed by atoms with van der Waals surface area (Å²) in [5, 5.41) is 4.27. The standard InChI is InChI=1S/C20H21NO5/c1-23-15-8-4-13(5-9-15)19-17(12-18(22)25-3)26-21-20(19)14-6-10-16(24-2)11-7-14/h4-11,17,19H,12H2,1-3H3. The van der Waals surface area contributed by atoms with Crippen LogP contribution in [0.4, 0.5) is 0 Å². The molecule has 6 nitrogen and oxygen atoms in total. The molecule has 0 saturated heterocycles. The summed E-state index contributed by atoms with van der Waals surface area (Å²) in [6.45, 7) is 0. The number of methoxy groups -OCH3 is 3. The minimum absolute atomic E-state index is 0.121. The lowest BCUT2D eigenvalue weighted by atomic mass is 9.85. The zero-order chi connectivity index (χ0) is 18.5. The van der Waals surface area contributed by atoms with Gasteiger partial charge in [-0.1, -0.05) is 17.3 Å². The molecule has 0 aromatic heterocycles. The van der Waals surface area contributed by atoms with Gasteiger partial charge in [0.05, 0.1) is 39.4 Å². The Kier molecular flexibility index (Phi) is 5.41. The molecular formula is C20H21NO5. The smallest absolute Gasteiger partial charge is 0.309 e. The highest BCUT2D eigenvalue weighted by Crippen LogP contribution is 2.35. The maximum Gasteiger partial charge on any atom is 0.309 e. The van der Waals surface area contributed by atoms with E-state index in [1.807, 2.05) is 48.5 Å². The number of esters is 1. The number of rotatable bonds is 6. The van der Waals surface area contributed by atoms with Crippen molar-refractivity contribution in [1.29, 1.82) is 0 Å². The first-order chi connectivity index (χ1) is 12.7. The van der Waals surface area contributed by atoms with Crippen molar-refractivity contribution in [2.45, 2.75) is 18.4 Å². The van der Waals surface area contributed by atoms with Gasteiger partial charge in [-0.25, -0.2) is 0 Å². The van der Waals surface area contributed by atoms with Crippen molar-refractivity contribution >= 4 is 11.7 Å². The molecule has 0 fully saturated rings. The maximum atomic E-state index is 11.8. The fourth-order valence-corrected chi connectivity index (χ4v) is 3.00. The molecule has 0 radical (unpaired) electrons. The lowest BCUT2D eigenvalue weighted by molar-refractivity contribution is -0.143. The number of hydrogen-bond acceptors (Lipinski definition) is 6. The second-order valence-electron chi connectivity index (χ2n) is 5.88. The van der Waals surface area contributed by atoms with Gasteiger partial charge in [-0.3, -0.25) is 4.79 Å². The quantitative estimate of drug-likeness (QED) is 0.745. The van der Waals surface area contributed by atoms with Crippen molar-refractivity contribution in [3.63, 3.8) is 0 Å². The van der Waals surface area contributed by atoms with Crippen LogP contribution in [-0.2, 0) is 14.4 Å². The molecule has 2 unspecified atom stereocenters. The van der Waals surface area contributed by atoms with Crippen molar-refractivity contribution in [3.05, 3.63) is 59.7 Å². The number of nitrogens with zero attached hydrogens (tertiary/aromatic N) is 1. The molecule has 6 heteroatoms. The summed E-state index contributed by atoms with van der Waals surface area (Å²) < 4.78 is 15.2. The third-order valence-electron chi connectivity index (χ3n) is 4.41. The van der Waals surface area contributed by atoms with Crippen LogP contribution in [0.1, 0.15) is 23.5 Å². The van der Waals surface area contributed by atoms with Crippen LogP contribution < -0.4 is 9.47 Å². The summed E-state index contributed by atoms with van der Waals surface area (Å²) in [7, 11) is 4.61. The van der Waals surface area contributed by atoms with Crippen LogP contribution in [0, 0.1) is 0 Å². The third kappa shape index (κ3) is 3.64. The highest BCUT2D eigenvalue weighted by atomic mass is 16.6. The number of hydrogen-bond donors (Lipinski definition) is 0. The molecule has 1 aliphatic heterocycles. The molecule has 0 aliphatic carbocycles. The highest BCUT2D eigenvalue weighted by Gasteiger charge is 2.38. The van der Waals surface area contributed by atoms with E-state index in [0.29, 0.717) is 0 Å². The predicted molar refractivity (Wildman–Crippen MR) is 96.8 cm³/mol. The van der Waals surface area contributed by atoms with Gasteiger partial charge < -0.3 is 19.0 Å². The van der Waals surface area contributed by atoms with Crippen molar-refractivity contribution in [2.75, 3.05) is 21.3 Å². The molecule has 3 rings (SSSR count). The molecule has 2 aromatic carbocycles. The summed E-state index contributed by atoms with van der Waals surface area (Å²) in [6, 6.07) is 15.3. The molecular weight excluding hydrogens is 334 g/mol. The molecule has 0 saturated carbocycles. The second-order valence-corrected chi connectivity index (χ2v) is 5.88. The molecule has 0 N–H and O–H groups in total. The van der Waals surface area contributed by atoms with Crippen molar-refractivity contribution in [3.8, 4) is 11.5 Å². The average Bonchev–Trinajstić information content (AvgIpc) is 3.11. The van der Waals surface area contributed by atoms with Gasteiger partial charge in [0.15, 0.2) is 6.10 Å². The van der Waals surface area contributed by atoms with E-state index < -0.39 is 6.10 Å². The minimum Gasteiger partial charge on any atom is -0.497 e. The molecule has 0 amide bonds. The van der Waals surface area contributed by atoms with Gasteiger partial charge in [0.2, 0.25) is 0 Å². The molecule has 0 bridgehead atoms. The van der Waals surface area contributed by atoms with Crippen molar-refractivity contribution in [1.82, 2.24) is 0 Å². The fraction of sp³-hybridized carbons (Fsp3) is 0.300. The number of ether oxygens (including phenoxy) is 3. The molecule has 2 atom stereocenters. The van der Waals surface area contributed by atoms with Crippen LogP contribution in [0.25, 0.3) is 0 Å². The summed E-state index contributed by atoms with van der Waals surface area (Å²) in [6.07, 6.45) is -0.302. The Balaban J connectivity index is 1.94. The monoisotopic (exact) mass is 355 g/mol. The van der Waals surface area contributed by atoms with E-state index in [9.17, 15) is 4.79 Å². The largest absolute Gasteiger partial charge is 0.497 e. The molecule has 1 heterocycles. The van der Waals surface area contributed by atoms with E-state index in [1.54, 1.807) is 14.2 Å². The third-order valence-corrected chi connectivity index (χ3v) is 4.41. The first kappa shape index (κ1) is 17.8. The number of carbonyl (C=O) groups is 1. The van der Waals surface area contributed by atoms with Crippen LogP contribution in [0.3, 0.4) is 0 Å². The van der Waals surface area contributed by atoms with Crippen molar-refractivity contribution in [2.24, 2.45) is 5.16 Å². The Morgan fingerprint density at radius 1 is 0.962 bits per heavy atom. The Hall–Kier alpha value is -3.02. The van der Waals surface area contributed by atoms with Crippen LogP contribution >= 0.6 is 0 Å². The van der Waals surface area contributed by atoms with Crippen LogP contribution in [0.15, 0.2) is 53.7 Å². The number of benzene rings is 2. The molecule has 26 heavy (non-hydrogen) atoms. The maximum absolute atomic E-state index is 11.8. The normalized spacial score (nSPS) is 18.7. The fourth-order valence-electron chi connectivity index (χ4n) is 3.00. The first-order valence-electron chi connectivity index (χ1n) is 8.25. The number of carbonyl (C=O) groups excluding carboxylic acids is 1. The van der Waals surface area contributed by atoms with Gasteiger partial charge in [0, 0.05) is 5.56 Å². The molecule has 136 valence electrons. The van der Waals surface area contributed by atoms with Gasteiger partial charge in [-0.15, -0.1) is 0 Å². The van der Waals surface area contributed by atoms with Gasteiger partial charge in [0.25, 0.3) is 0 Å². The summed E-state index contributed by atoms with van der Waals surface area (Å²) in [5.74, 6) is 1.01. The zero-order valence-electron chi connectivity index (χ0n) is 15.0. The van der Waals surface area contributed by atoms with E-state index in [2.05, 4.69) is 5.16 Å². The van der Waals surface area contributed by atoms with Gasteiger partial charge in [-0.2, -0.15) is 0 Å². The summed E-state index contributed by atoms with van der Waals surface area (Å²) in [4.78, 5) is 17.4. The Labute approximate surface area is 152 Å². The van der Waals surface area contributed by atoms with E-state index in [-0.39, 0.29) is 18.3 Å². The van der Waals surface area contributed by atoms with E-state index in [0.717, 1.165) is 28.3 Å². The molecule has 0 spiro atoms. The molecule has 2 aromatic rings. The van der Waals surface area contributed by atoms with Gasteiger partial charge in [0.1, 0.15) is 11.5 Å². The molecule has 1 aliphatic rings.